The van der Waals surface area contributed by atoms with Crippen LogP contribution in [0.25, 0.3) is 0 Å². The molecule has 1 aromatic rings. The summed E-state index contributed by atoms with van der Waals surface area (Å²) in [5, 5.41) is 0. The minimum absolute atomic E-state index is 0.622. The van der Waals surface area contributed by atoms with E-state index in [1.54, 1.807) is 19.3 Å². The van der Waals surface area contributed by atoms with Crippen molar-refractivity contribution in [1.29, 1.82) is 0 Å². The molecule has 0 nitrogen and oxygen atoms in total. The van der Waals surface area contributed by atoms with E-state index in [4.69, 9.17) is 0 Å². The van der Waals surface area contributed by atoms with Crippen molar-refractivity contribution in [2.24, 2.45) is 46.3 Å². The molecule has 0 bridgehead atoms. The summed E-state index contributed by atoms with van der Waals surface area (Å²) in [6, 6.07) is 10.3. The number of allylic oxidation sites excluding steroid dienone is 1. The zero-order valence-electron chi connectivity index (χ0n) is 25.1. The van der Waals surface area contributed by atoms with Gasteiger partial charge in [0, 0.05) is 0 Å². The SMILES string of the molecule is C=C(C)CC1CCC2C3CCC4CC(C)(C)CCC4C3CCC12C.CC.CC.Cc1ccccc1. The topological polar surface area (TPSA) is 0 Å². The second kappa shape index (κ2) is 13.5. The average molecular weight is 481 g/mol. The molecular formula is C35H60. The van der Waals surface area contributed by atoms with E-state index in [0.717, 1.165) is 35.5 Å². The zero-order valence-corrected chi connectivity index (χ0v) is 25.1. The van der Waals surface area contributed by atoms with Crippen LogP contribution in [0.2, 0.25) is 0 Å². The van der Waals surface area contributed by atoms with Crippen molar-refractivity contribution < 1.29 is 0 Å². The second-order valence-corrected chi connectivity index (χ2v) is 13.0. The van der Waals surface area contributed by atoms with Gasteiger partial charge < -0.3 is 0 Å². The first-order valence-electron chi connectivity index (χ1n) is 15.4. The predicted molar refractivity (Wildman–Crippen MR) is 158 cm³/mol. The maximum absolute atomic E-state index is 4.24. The molecule has 4 aliphatic carbocycles. The smallest absolute Gasteiger partial charge is 0.0263 e. The van der Waals surface area contributed by atoms with Gasteiger partial charge in [-0.15, -0.1) is 6.58 Å². The highest BCUT2D eigenvalue weighted by atomic mass is 14.6. The summed E-state index contributed by atoms with van der Waals surface area (Å²) in [6.07, 6.45) is 15.0. The molecule has 7 atom stereocenters. The Hall–Kier alpha value is -1.04. The van der Waals surface area contributed by atoms with E-state index < -0.39 is 0 Å². The lowest BCUT2D eigenvalue weighted by Gasteiger charge is -2.57. The van der Waals surface area contributed by atoms with Crippen molar-refractivity contribution in [3.63, 3.8) is 0 Å². The molecule has 200 valence electrons. The summed E-state index contributed by atoms with van der Waals surface area (Å²) in [6.45, 7) is 24.3. The van der Waals surface area contributed by atoms with Gasteiger partial charge in [-0.05, 0) is 124 Å². The Bertz CT molecular complexity index is 743. The molecule has 35 heavy (non-hydrogen) atoms. The van der Waals surface area contributed by atoms with Crippen LogP contribution in [-0.2, 0) is 0 Å². The van der Waals surface area contributed by atoms with Gasteiger partial charge in [-0.3, -0.25) is 0 Å². The second-order valence-electron chi connectivity index (χ2n) is 13.0. The van der Waals surface area contributed by atoms with Crippen molar-refractivity contribution in [3.05, 3.63) is 48.0 Å². The fraction of sp³-hybridized carbons (Fsp3) is 0.771. The minimum Gasteiger partial charge on any atom is -0.100 e. The molecule has 0 amide bonds. The monoisotopic (exact) mass is 480 g/mol. The van der Waals surface area contributed by atoms with Gasteiger partial charge >= 0.3 is 0 Å². The van der Waals surface area contributed by atoms with Crippen molar-refractivity contribution in [1.82, 2.24) is 0 Å². The minimum atomic E-state index is 0.622. The van der Waals surface area contributed by atoms with Gasteiger partial charge in [0.05, 0.1) is 0 Å². The van der Waals surface area contributed by atoms with Gasteiger partial charge in [-0.2, -0.15) is 0 Å². The van der Waals surface area contributed by atoms with E-state index in [-0.39, 0.29) is 0 Å². The largest absolute Gasteiger partial charge is 0.100 e. The van der Waals surface area contributed by atoms with E-state index >= 15 is 0 Å². The summed E-state index contributed by atoms with van der Waals surface area (Å²) in [4.78, 5) is 0. The lowest BCUT2D eigenvalue weighted by molar-refractivity contribution is -0.0756. The standard InChI is InChI=1S/C24H40.C7H8.2C2H6/c1-16(2)14-18-7-9-22-21-8-6-17-15-23(3,4)12-10-19(17)20(21)11-13-24(18,22)5;1-7-5-3-2-4-6-7;2*1-2/h17-22H,1,6-15H2,2-5H3;2-6H,1H3;2*1-2H3. The summed E-state index contributed by atoms with van der Waals surface area (Å²) in [5.41, 5.74) is 4.00. The van der Waals surface area contributed by atoms with E-state index in [2.05, 4.69) is 53.3 Å². The summed E-state index contributed by atoms with van der Waals surface area (Å²) < 4.78 is 0. The summed E-state index contributed by atoms with van der Waals surface area (Å²) in [5.74, 6) is 6.27. The number of hydrogen-bond acceptors (Lipinski definition) is 0. The Morgan fingerprint density at radius 3 is 2.00 bits per heavy atom. The van der Waals surface area contributed by atoms with Crippen molar-refractivity contribution in [2.75, 3.05) is 0 Å². The first-order chi connectivity index (χ1) is 16.7. The predicted octanol–water partition coefficient (Wildman–Crippen LogP) is 11.3. The average Bonchev–Trinajstić information content (AvgIpc) is 3.17. The highest BCUT2D eigenvalue weighted by Crippen LogP contribution is 2.65. The molecule has 0 aromatic heterocycles. The molecule has 0 spiro atoms. The Morgan fingerprint density at radius 2 is 1.43 bits per heavy atom. The highest BCUT2D eigenvalue weighted by Gasteiger charge is 2.56. The molecule has 4 fully saturated rings. The summed E-state index contributed by atoms with van der Waals surface area (Å²) >= 11 is 0. The quantitative estimate of drug-likeness (QED) is 0.369. The van der Waals surface area contributed by atoms with Crippen LogP contribution in [0.5, 0.6) is 0 Å². The molecule has 4 saturated carbocycles. The van der Waals surface area contributed by atoms with Crippen LogP contribution in [0.15, 0.2) is 42.5 Å². The Labute approximate surface area is 220 Å². The van der Waals surface area contributed by atoms with Crippen molar-refractivity contribution >= 4 is 0 Å². The maximum Gasteiger partial charge on any atom is -0.0263 e. The normalized spacial score (nSPS) is 36.3. The maximum atomic E-state index is 4.24. The molecule has 0 aliphatic heterocycles. The van der Waals surface area contributed by atoms with Crippen LogP contribution in [0.3, 0.4) is 0 Å². The molecule has 0 radical (unpaired) electrons. The van der Waals surface area contributed by atoms with E-state index in [1.165, 1.54) is 56.1 Å². The number of fused-ring (bicyclic) bond motifs is 5. The van der Waals surface area contributed by atoms with Gasteiger partial charge in [0.15, 0.2) is 0 Å². The fourth-order valence-electron chi connectivity index (χ4n) is 8.71. The van der Waals surface area contributed by atoms with E-state index in [0.29, 0.717) is 10.8 Å². The first kappa shape index (κ1) is 30.2. The van der Waals surface area contributed by atoms with Crippen LogP contribution in [0.4, 0.5) is 0 Å². The Kier molecular flexibility index (Phi) is 11.6. The third kappa shape index (κ3) is 7.26. The molecule has 0 heterocycles. The summed E-state index contributed by atoms with van der Waals surface area (Å²) in [7, 11) is 0. The van der Waals surface area contributed by atoms with Gasteiger partial charge in [0.25, 0.3) is 0 Å². The molecule has 5 rings (SSSR count). The Balaban J connectivity index is 0.000000332. The van der Waals surface area contributed by atoms with Crippen molar-refractivity contribution in [2.45, 2.75) is 127 Å². The van der Waals surface area contributed by atoms with Gasteiger partial charge in [0.1, 0.15) is 0 Å². The van der Waals surface area contributed by atoms with E-state index in [9.17, 15) is 0 Å². The van der Waals surface area contributed by atoms with Crippen LogP contribution in [0, 0.1) is 53.3 Å². The number of aryl methyl sites for hydroxylation is 1. The molecule has 7 unspecified atom stereocenters. The third-order valence-corrected chi connectivity index (χ3v) is 10.2. The van der Waals surface area contributed by atoms with Crippen LogP contribution >= 0.6 is 0 Å². The lowest BCUT2D eigenvalue weighted by atomic mass is 9.48. The highest BCUT2D eigenvalue weighted by molar-refractivity contribution is 5.12. The molecule has 0 saturated heterocycles. The molecular weight excluding hydrogens is 420 g/mol. The van der Waals surface area contributed by atoms with Crippen LogP contribution in [-0.4, -0.2) is 0 Å². The number of rotatable bonds is 2. The molecule has 0 N–H and O–H groups in total. The van der Waals surface area contributed by atoms with Gasteiger partial charge in [0.2, 0.25) is 0 Å². The van der Waals surface area contributed by atoms with E-state index in [1.807, 2.05) is 45.9 Å². The fourth-order valence-corrected chi connectivity index (χ4v) is 8.71. The molecule has 1 aromatic carbocycles. The van der Waals surface area contributed by atoms with Crippen LogP contribution in [0.1, 0.15) is 125 Å². The zero-order chi connectivity index (χ0) is 26.2. The van der Waals surface area contributed by atoms with Gasteiger partial charge in [-0.25, -0.2) is 0 Å². The van der Waals surface area contributed by atoms with Gasteiger partial charge in [-0.1, -0.05) is 89.9 Å². The third-order valence-electron chi connectivity index (χ3n) is 10.2. The van der Waals surface area contributed by atoms with Crippen molar-refractivity contribution in [3.8, 4) is 0 Å². The molecule has 4 aliphatic rings. The number of benzene rings is 1. The van der Waals surface area contributed by atoms with Crippen LogP contribution < -0.4 is 0 Å². The molecule has 0 heteroatoms. The number of hydrogen-bond donors (Lipinski definition) is 0. The first-order valence-corrected chi connectivity index (χ1v) is 15.4. The lowest BCUT2D eigenvalue weighted by Crippen LogP contribution is -2.49. The Morgan fingerprint density at radius 1 is 0.800 bits per heavy atom.